The summed E-state index contributed by atoms with van der Waals surface area (Å²) >= 11 is 0. The molecule has 2 saturated carbocycles. The Hall–Kier alpha value is -1.20. The van der Waals surface area contributed by atoms with Crippen molar-refractivity contribution in [2.24, 2.45) is 11.8 Å². The van der Waals surface area contributed by atoms with Crippen LogP contribution in [0.15, 0.2) is 0 Å². The number of rotatable bonds is 6. The molecule has 20 heavy (non-hydrogen) atoms. The highest BCUT2D eigenvalue weighted by molar-refractivity contribution is 5.78. The maximum Gasteiger partial charge on any atom is 0.374 e. The molecule has 0 aliphatic heterocycles. The fourth-order valence-electron chi connectivity index (χ4n) is 3.75. The number of hydrogen-bond acceptors (Lipinski definition) is 4. The molecule has 0 N–H and O–H groups in total. The van der Waals surface area contributed by atoms with Crippen molar-refractivity contribution in [3.05, 3.63) is 0 Å². The van der Waals surface area contributed by atoms with Crippen molar-refractivity contribution in [3.63, 3.8) is 0 Å². The third kappa shape index (κ3) is 3.10. The van der Waals surface area contributed by atoms with Gasteiger partial charge < -0.3 is 9.47 Å². The molecule has 2 rings (SSSR count). The number of halogens is 2. The molecule has 2 bridgehead atoms. The number of carbonyl (C=O) groups is 2. The van der Waals surface area contributed by atoms with Crippen LogP contribution in [-0.2, 0) is 19.1 Å². The lowest BCUT2D eigenvalue weighted by molar-refractivity contribution is -0.179. The largest absolute Gasteiger partial charge is 0.456 e. The van der Waals surface area contributed by atoms with Crippen molar-refractivity contribution in [1.82, 2.24) is 0 Å². The average Bonchev–Trinajstić information content (AvgIpc) is 2.96. The fraction of sp³-hybridized carbons (Fsp3) is 0.857. The van der Waals surface area contributed by atoms with E-state index in [9.17, 15) is 18.4 Å². The quantitative estimate of drug-likeness (QED) is 0.706. The minimum atomic E-state index is -3.21. The van der Waals surface area contributed by atoms with E-state index in [2.05, 4.69) is 4.74 Å². The summed E-state index contributed by atoms with van der Waals surface area (Å²) in [5.74, 6) is -1.44. The zero-order chi connectivity index (χ0) is 14.8. The van der Waals surface area contributed by atoms with E-state index in [0.29, 0.717) is 11.8 Å². The molecule has 2 aliphatic rings. The predicted octanol–water partition coefficient (Wildman–Crippen LogP) is 2.70. The van der Waals surface area contributed by atoms with Crippen molar-refractivity contribution in [3.8, 4) is 0 Å². The van der Waals surface area contributed by atoms with Gasteiger partial charge in [0.25, 0.3) is 0 Å². The molecule has 2 fully saturated rings. The second-order valence-corrected chi connectivity index (χ2v) is 5.78. The minimum absolute atomic E-state index is 0.363. The lowest BCUT2D eigenvalue weighted by Crippen LogP contribution is -2.41. The summed E-state index contributed by atoms with van der Waals surface area (Å²) in [7, 11) is 0. The van der Waals surface area contributed by atoms with Gasteiger partial charge >= 0.3 is 18.4 Å². The standard InChI is InChI=1S/C14H20F2O4/c1-2-5-14(7-9-3-4-10(14)6-9)20-11(17)8-19-13(18)12(15)16/h9-10,12H,2-8H2,1H3. The van der Waals surface area contributed by atoms with E-state index in [0.717, 1.165) is 32.1 Å². The smallest absolute Gasteiger partial charge is 0.374 e. The van der Waals surface area contributed by atoms with E-state index in [4.69, 9.17) is 4.74 Å². The van der Waals surface area contributed by atoms with E-state index >= 15 is 0 Å². The highest BCUT2D eigenvalue weighted by atomic mass is 19.3. The minimum Gasteiger partial charge on any atom is -0.456 e. The van der Waals surface area contributed by atoms with E-state index < -0.39 is 30.6 Å². The summed E-state index contributed by atoms with van der Waals surface area (Å²) in [6.07, 6.45) is 2.61. The van der Waals surface area contributed by atoms with Gasteiger partial charge in [-0.1, -0.05) is 13.3 Å². The first-order valence-electron chi connectivity index (χ1n) is 7.13. The third-order valence-corrected chi connectivity index (χ3v) is 4.42. The second kappa shape index (κ2) is 6.06. The average molecular weight is 290 g/mol. The Bertz CT molecular complexity index is 385. The van der Waals surface area contributed by atoms with Crippen molar-refractivity contribution < 1.29 is 27.8 Å². The van der Waals surface area contributed by atoms with Gasteiger partial charge in [-0.15, -0.1) is 0 Å². The van der Waals surface area contributed by atoms with Crippen LogP contribution < -0.4 is 0 Å². The van der Waals surface area contributed by atoms with E-state index in [-0.39, 0.29) is 0 Å². The van der Waals surface area contributed by atoms with Crippen molar-refractivity contribution in [2.45, 2.75) is 57.5 Å². The zero-order valence-corrected chi connectivity index (χ0v) is 11.6. The highest BCUT2D eigenvalue weighted by Crippen LogP contribution is 2.54. The van der Waals surface area contributed by atoms with Crippen LogP contribution in [0.5, 0.6) is 0 Å². The van der Waals surface area contributed by atoms with Crippen molar-refractivity contribution >= 4 is 11.9 Å². The first-order chi connectivity index (χ1) is 9.47. The Morgan fingerprint density at radius 3 is 2.60 bits per heavy atom. The summed E-state index contributed by atoms with van der Waals surface area (Å²) < 4.78 is 33.7. The van der Waals surface area contributed by atoms with Gasteiger partial charge in [0, 0.05) is 0 Å². The van der Waals surface area contributed by atoms with Crippen LogP contribution in [-0.4, -0.2) is 30.6 Å². The van der Waals surface area contributed by atoms with Crippen LogP contribution in [0.25, 0.3) is 0 Å². The van der Waals surface area contributed by atoms with Gasteiger partial charge in [-0.25, -0.2) is 9.59 Å². The third-order valence-electron chi connectivity index (χ3n) is 4.42. The topological polar surface area (TPSA) is 52.6 Å². The first-order valence-corrected chi connectivity index (χ1v) is 7.13. The maximum atomic E-state index is 12.0. The fourth-order valence-corrected chi connectivity index (χ4v) is 3.75. The first kappa shape index (κ1) is 15.2. The molecule has 0 radical (unpaired) electrons. The molecule has 0 amide bonds. The van der Waals surface area contributed by atoms with Crippen LogP contribution in [0.4, 0.5) is 8.78 Å². The number of fused-ring (bicyclic) bond motifs is 2. The SMILES string of the molecule is CCCC1(OC(=O)COC(=O)C(F)F)CC2CCC1C2. The number of alkyl halides is 2. The molecule has 6 heteroatoms. The van der Waals surface area contributed by atoms with Crippen LogP contribution in [0.3, 0.4) is 0 Å². The lowest BCUT2D eigenvalue weighted by Gasteiger charge is -2.37. The van der Waals surface area contributed by atoms with Gasteiger partial charge in [0.2, 0.25) is 0 Å². The van der Waals surface area contributed by atoms with E-state index in [1.807, 2.05) is 6.92 Å². The zero-order valence-electron chi connectivity index (χ0n) is 11.6. The summed E-state index contributed by atoms with van der Waals surface area (Å²) in [6, 6.07) is 0. The number of esters is 2. The van der Waals surface area contributed by atoms with E-state index in [1.165, 1.54) is 6.42 Å². The Kier molecular flexibility index (Phi) is 4.60. The van der Waals surface area contributed by atoms with Gasteiger partial charge in [-0.3, -0.25) is 0 Å². The summed E-state index contributed by atoms with van der Waals surface area (Å²) in [4.78, 5) is 22.4. The summed E-state index contributed by atoms with van der Waals surface area (Å²) in [5.41, 5.74) is -0.466. The Balaban J connectivity index is 1.89. The highest BCUT2D eigenvalue weighted by Gasteiger charge is 2.53. The summed E-state index contributed by atoms with van der Waals surface area (Å²) in [6.45, 7) is 1.30. The van der Waals surface area contributed by atoms with Crippen LogP contribution in [0.1, 0.15) is 45.4 Å². The van der Waals surface area contributed by atoms with Crippen molar-refractivity contribution in [1.29, 1.82) is 0 Å². The molecule has 0 saturated heterocycles. The summed E-state index contributed by atoms with van der Waals surface area (Å²) in [5, 5.41) is 0. The molecule has 3 atom stereocenters. The Labute approximate surface area is 116 Å². The van der Waals surface area contributed by atoms with Crippen LogP contribution in [0.2, 0.25) is 0 Å². The molecule has 0 spiro atoms. The predicted molar refractivity (Wildman–Crippen MR) is 66.1 cm³/mol. The van der Waals surface area contributed by atoms with Crippen LogP contribution in [0, 0.1) is 11.8 Å². The maximum absolute atomic E-state index is 12.0. The molecular formula is C14H20F2O4. The number of carbonyl (C=O) groups excluding carboxylic acids is 2. The van der Waals surface area contributed by atoms with Gasteiger partial charge in [0.1, 0.15) is 5.60 Å². The molecule has 0 heterocycles. The van der Waals surface area contributed by atoms with Gasteiger partial charge in [-0.2, -0.15) is 8.78 Å². The Morgan fingerprint density at radius 1 is 1.35 bits per heavy atom. The normalized spacial score (nSPS) is 31.6. The number of hydrogen-bond donors (Lipinski definition) is 0. The molecule has 0 aromatic rings. The number of ether oxygens (including phenoxy) is 2. The Morgan fingerprint density at radius 2 is 2.10 bits per heavy atom. The molecule has 114 valence electrons. The molecular weight excluding hydrogens is 270 g/mol. The lowest BCUT2D eigenvalue weighted by atomic mass is 9.81. The van der Waals surface area contributed by atoms with Crippen LogP contribution >= 0.6 is 0 Å². The molecule has 3 unspecified atom stereocenters. The van der Waals surface area contributed by atoms with Crippen molar-refractivity contribution in [2.75, 3.05) is 6.61 Å². The molecule has 4 nitrogen and oxygen atoms in total. The molecule has 0 aromatic carbocycles. The van der Waals surface area contributed by atoms with Gasteiger partial charge in [-0.05, 0) is 43.9 Å². The second-order valence-electron chi connectivity index (χ2n) is 5.78. The van der Waals surface area contributed by atoms with Gasteiger partial charge in [0.15, 0.2) is 6.61 Å². The molecule has 2 aliphatic carbocycles. The van der Waals surface area contributed by atoms with E-state index in [1.54, 1.807) is 0 Å². The van der Waals surface area contributed by atoms with Gasteiger partial charge in [0.05, 0.1) is 0 Å². The monoisotopic (exact) mass is 290 g/mol. The molecule has 0 aromatic heterocycles.